The van der Waals surface area contributed by atoms with Crippen LogP contribution in [-0.4, -0.2) is 48.2 Å². The van der Waals surface area contributed by atoms with Gasteiger partial charge in [0.2, 0.25) is 0 Å². The van der Waals surface area contributed by atoms with Crippen molar-refractivity contribution in [1.82, 2.24) is 9.88 Å². The van der Waals surface area contributed by atoms with E-state index in [1.165, 1.54) is 0 Å². The fourth-order valence-corrected chi connectivity index (χ4v) is 4.07. The van der Waals surface area contributed by atoms with E-state index in [1.807, 2.05) is 30.0 Å². The number of carbonyl (C=O) groups is 1. The first kappa shape index (κ1) is 17.1. The number of aromatic nitrogens is 1. The van der Waals surface area contributed by atoms with Crippen LogP contribution in [0.4, 0.5) is 0 Å². The molecular formula is C20H24N2O4. The summed E-state index contributed by atoms with van der Waals surface area (Å²) in [6, 6.07) is 5.59. The number of piperidine rings is 1. The molecule has 2 saturated heterocycles. The first-order chi connectivity index (χ1) is 12.7. The summed E-state index contributed by atoms with van der Waals surface area (Å²) in [6.07, 6.45) is 7.92. The molecule has 2 aromatic rings. The third kappa shape index (κ3) is 3.21. The van der Waals surface area contributed by atoms with Gasteiger partial charge in [-0.3, -0.25) is 9.78 Å². The fourth-order valence-electron chi connectivity index (χ4n) is 4.07. The highest BCUT2D eigenvalue weighted by Crippen LogP contribution is 2.41. The topological polar surface area (TPSA) is 64.8 Å². The van der Waals surface area contributed by atoms with Gasteiger partial charge in [0.15, 0.2) is 5.76 Å². The zero-order valence-electron chi connectivity index (χ0n) is 15.0. The predicted molar refractivity (Wildman–Crippen MR) is 95.1 cm³/mol. The van der Waals surface area contributed by atoms with E-state index in [0.717, 1.165) is 37.2 Å². The van der Waals surface area contributed by atoms with E-state index < -0.39 is 0 Å². The average molecular weight is 356 g/mol. The highest BCUT2D eigenvalue weighted by Gasteiger charge is 2.48. The van der Waals surface area contributed by atoms with Crippen molar-refractivity contribution in [3.63, 3.8) is 0 Å². The number of fused-ring (bicyclic) bond motifs is 1. The minimum absolute atomic E-state index is 0.0442. The molecule has 2 atom stereocenters. The van der Waals surface area contributed by atoms with Gasteiger partial charge in [-0.05, 0) is 44.4 Å². The third-order valence-electron chi connectivity index (χ3n) is 5.49. The van der Waals surface area contributed by atoms with Crippen LogP contribution >= 0.6 is 0 Å². The molecule has 0 N–H and O–H groups in total. The molecule has 2 aliphatic heterocycles. The van der Waals surface area contributed by atoms with Crippen LogP contribution in [-0.2, 0) is 4.74 Å². The van der Waals surface area contributed by atoms with Crippen LogP contribution in [0.5, 0.6) is 5.75 Å². The molecule has 4 rings (SSSR count). The molecule has 6 nitrogen and oxygen atoms in total. The Morgan fingerprint density at radius 1 is 1.46 bits per heavy atom. The lowest BCUT2D eigenvalue weighted by molar-refractivity contribution is -0.133. The first-order valence-corrected chi connectivity index (χ1v) is 9.16. The molecule has 0 spiro atoms. The van der Waals surface area contributed by atoms with Gasteiger partial charge in [-0.2, -0.15) is 0 Å². The van der Waals surface area contributed by atoms with Crippen molar-refractivity contribution < 1.29 is 18.7 Å². The lowest BCUT2D eigenvalue weighted by atomic mass is 9.73. The van der Waals surface area contributed by atoms with Crippen LogP contribution in [0.25, 0.3) is 0 Å². The Labute approximate surface area is 153 Å². The number of likely N-dealkylation sites (tertiary alicyclic amines) is 1. The van der Waals surface area contributed by atoms with Crippen LogP contribution in [0.3, 0.4) is 0 Å². The van der Waals surface area contributed by atoms with E-state index in [-0.39, 0.29) is 17.4 Å². The van der Waals surface area contributed by atoms with Crippen molar-refractivity contribution in [1.29, 1.82) is 0 Å². The number of ether oxygens (including phenoxy) is 2. The molecule has 0 aliphatic carbocycles. The number of aryl methyl sites for hydroxylation is 1. The largest absolute Gasteiger partial charge is 0.491 e. The maximum absolute atomic E-state index is 12.9. The summed E-state index contributed by atoms with van der Waals surface area (Å²) in [6.45, 7) is 4.50. The zero-order chi connectivity index (χ0) is 18.0. The number of furan rings is 1. The van der Waals surface area contributed by atoms with Gasteiger partial charge in [0, 0.05) is 36.9 Å². The number of carbonyl (C=O) groups excluding carboxylic acids is 1. The molecule has 0 radical (unpaired) electrons. The molecule has 138 valence electrons. The van der Waals surface area contributed by atoms with Gasteiger partial charge in [0.05, 0.1) is 25.2 Å². The van der Waals surface area contributed by atoms with Crippen LogP contribution in [0, 0.1) is 12.3 Å². The van der Waals surface area contributed by atoms with Crippen molar-refractivity contribution >= 4 is 5.91 Å². The molecule has 4 heterocycles. The molecule has 2 aliphatic rings. The number of amides is 1. The number of hydrogen-bond acceptors (Lipinski definition) is 5. The second-order valence-electron chi connectivity index (χ2n) is 7.25. The Hall–Kier alpha value is -2.34. The fraction of sp³-hybridized carbons (Fsp3) is 0.500. The Morgan fingerprint density at radius 3 is 3.15 bits per heavy atom. The van der Waals surface area contributed by atoms with E-state index in [4.69, 9.17) is 13.9 Å². The maximum Gasteiger partial charge on any atom is 0.289 e. The third-order valence-corrected chi connectivity index (χ3v) is 5.49. The quantitative estimate of drug-likeness (QED) is 0.842. The highest BCUT2D eigenvalue weighted by molar-refractivity contribution is 5.93. The summed E-state index contributed by atoms with van der Waals surface area (Å²) >= 11 is 0. The number of nitrogens with zero attached hydrogens (tertiary/aromatic N) is 2. The average Bonchev–Trinajstić information content (AvgIpc) is 3.12. The monoisotopic (exact) mass is 356 g/mol. The Bertz CT molecular complexity index is 760. The van der Waals surface area contributed by atoms with Crippen LogP contribution in [0.1, 0.15) is 35.4 Å². The van der Waals surface area contributed by atoms with Crippen molar-refractivity contribution in [2.75, 3.05) is 26.3 Å². The SMILES string of the molecule is Cc1ccoc1C(=O)N1CCC2OCCCC2(COc2cccnc2)C1. The molecule has 2 aromatic heterocycles. The van der Waals surface area contributed by atoms with E-state index in [0.29, 0.717) is 25.5 Å². The lowest BCUT2D eigenvalue weighted by Gasteiger charge is -2.50. The zero-order valence-corrected chi connectivity index (χ0v) is 15.0. The number of rotatable bonds is 4. The second kappa shape index (κ2) is 7.11. The van der Waals surface area contributed by atoms with Crippen LogP contribution in [0.15, 0.2) is 41.3 Å². The van der Waals surface area contributed by atoms with E-state index in [2.05, 4.69) is 4.98 Å². The summed E-state index contributed by atoms with van der Waals surface area (Å²) < 4.78 is 17.5. The van der Waals surface area contributed by atoms with Gasteiger partial charge in [0.1, 0.15) is 5.75 Å². The summed E-state index contributed by atoms with van der Waals surface area (Å²) in [5.41, 5.74) is 0.681. The lowest BCUT2D eigenvalue weighted by Crippen LogP contribution is -2.58. The molecule has 0 saturated carbocycles. The summed E-state index contributed by atoms with van der Waals surface area (Å²) in [5, 5.41) is 0. The molecule has 1 amide bonds. The Balaban J connectivity index is 1.53. The van der Waals surface area contributed by atoms with Crippen molar-refractivity contribution in [2.24, 2.45) is 5.41 Å². The summed E-state index contributed by atoms with van der Waals surface area (Å²) in [5.74, 6) is 1.14. The summed E-state index contributed by atoms with van der Waals surface area (Å²) in [4.78, 5) is 18.9. The van der Waals surface area contributed by atoms with Crippen molar-refractivity contribution in [3.8, 4) is 5.75 Å². The van der Waals surface area contributed by atoms with E-state index in [9.17, 15) is 4.79 Å². The van der Waals surface area contributed by atoms with Crippen molar-refractivity contribution in [2.45, 2.75) is 32.3 Å². The molecule has 26 heavy (non-hydrogen) atoms. The number of hydrogen-bond donors (Lipinski definition) is 0. The molecule has 2 fully saturated rings. The molecule has 0 bridgehead atoms. The molecule has 0 aromatic carbocycles. The molecular weight excluding hydrogens is 332 g/mol. The van der Waals surface area contributed by atoms with Gasteiger partial charge in [-0.15, -0.1) is 0 Å². The van der Waals surface area contributed by atoms with Gasteiger partial charge in [-0.1, -0.05) is 0 Å². The highest BCUT2D eigenvalue weighted by atomic mass is 16.5. The molecule has 6 heteroatoms. The van der Waals surface area contributed by atoms with Gasteiger partial charge in [0.25, 0.3) is 5.91 Å². The van der Waals surface area contributed by atoms with Gasteiger partial charge < -0.3 is 18.8 Å². The second-order valence-corrected chi connectivity index (χ2v) is 7.25. The first-order valence-electron chi connectivity index (χ1n) is 9.16. The predicted octanol–water partition coefficient (Wildman–Crippen LogP) is 3.07. The van der Waals surface area contributed by atoms with Gasteiger partial charge in [-0.25, -0.2) is 0 Å². The number of pyridine rings is 1. The normalized spacial score (nSPS) is 25.6. The Kier molecular flexibility index (Phi) is 4.68. The smallest absolute Gasteiger partial charge is 0.289 e. The minimum Gasteiger partial charge on any atom is -0.491 e. The van der Waals surface area contributed by atoms with Crippen molar-refractivity contribution in [3.05, 3.63) is 48.2 Å². The standard InChI is InChI=1S/C20H24N2O4/c1-15-6-11-25-18(15)19(23)22-9-5-17-20(13-22,7-3-10-24-17)14-26-16-4-2-8-21-12-16/h2,4,6,8,11-12,17H,3,5,7,9-10,13-14H2,1H3. The maximum atomic E-state index is 12.9. The minimum atomic E-state index is -0.192. The van der Waals surface area contributed by atoms with Gasteiger partial charge >= 0.3 is 0 Å². The Morgan fingerprint density at radius 2 is 2.38 bits per heavy atom. The van der Waals surface area contributed by atoms with E-state index in [1.54, 1.807) is 18.7 Å². The van der Waals surface area contributed by atoms with Crippen LogP contribution in [0.2, 0.25) is 0 Å². The molecule has 2 unspecified atom stereocenters. The summed E-state index contributed by atoms with van der Waals surface area (Å²) in [7, 11) is 0. The van der Waals surface area contributed by atoms with Crippen LogP contribution < -0.4 is 4.74 Å². The van der Waals surface area contributed by atoms with E-state index >= 15 is 0 Å².